The molecule has 6 nitrogen and oxygen atoms in total. The van der Waals surface area contributed by atoms with Crippen molar-refractivity contribution in [2.45, 2.75) is 18.9 Å². The van der Waals surface area contributed by atoms with Gasteiger partial charge in [-0.3, -0.25) is 9.59 Å². The second kappa shape index (κ2) is 7.00. The Bertz CT molecular complexity index is 794. The number of carbonyl (C=O) groups is 2. The predicted octanol–water partition coefficient (Wildman–Crippen LogP) is 3.06. The summed E-state index contributed by atoms with van der Waals surface area (Å²) in [5, 5.41) is 5.78. The Labute approximate surface area is 147 Å². The summed E-state index contributed by atoms with van der Waals surface area (Å²) < 4.78 is 5.61. The molecule has 2 amide bonds. The van der Waals surface area contributed by atoms with E-state index in [2.05, 4.69) is 31.5 Å². The average molecular weight is 390 g/mol. The van der Waals surface area contributed by atoms with Crippen LogP contribution >= 0.6 is 15.9 Å². The molecule has 1 aliphatic heterocycles. The first kappa shape index (κ1) is 16.4. The Morgan fingerprint density at radius 2 is 2.25 bits per heavy atom. The molecule has 1 fully saturated rings. The van der Waals surface area contributed by atoms with Gasteiger partial charge in [-0.2, -0.15) is 0 Å². The Morgan fingerprint density at radius 3 is 2.96 bits per heavy atom. The van der Waals surface area contributed by atoms with Crippen LogP contribution in [0.2, 0.25) is 0 Å². The summed E-state index contributed by atoms with van der Waals surface area (Å²) >= 11 is 3.33. The van der Waals surface area contributed by atoms with E-state index in [1.165, 1.54) is 13.3 Å². The van der Waals surface area contributed by atoms with Crippen molar-refractivity contribution in [3.05, 3.63) is 52.1 Å². The number of hydrogen-bond donors (Lipinski definition) is 2. The number of ether oxygens (including phenoxy) is 1. The molecule has 1 aromatic carbocycles. The van der Waals surface area contributed by atoms with Crippen molar-refractivity contribution >= 4 is 33.4 Å². The minimum atomic E-state index is -0.268. The largest absolute Gasteiger partial charge is 0.480 e. The van der Waals surface area contributed by atoms with Gasteiger partial charge in [-0.1, -0.05) is 12.1 Å². The van der Waals surface area contributed by atoms with Crippen molar-refractivity contribution in [2.24, 2.45) is 0 Å². The Kier molecular flexibility index (Phi) is 4.80. The van der Waals surface area contributed by atoms with Crippen molar-refractivity contribution in [3.8, 4) is 5.88 Å². The van der Waals surface area contributed by atoms with Crippen LogP contribution in [-0.2, 0) is 4.79 Å². The lowest BCUT2D eigenvalue weighted by Crippen LogP contribution is -2.18. The number of pyridine rings is 1. The van der Waals surface area contributed by atoms with Crippen LogP contribution in [0.15, 0.2) is 41.0 Å². The fourth-order valence-corrected chi connectivity index (χ4v) is 3.21. The number of aromatic nitrogens is 1. The minimum absolute atomic E-state index is 0.00195. The zero-order chi connectivity index (χ0) is 17.1. The summed E-state index contributed by atoms with van der Waals surface area (Å²) in [6.45, 7) is 0. The van der Waals surface area contributed by atoms with Gasteiger partial charge in [0.15, 0.2) is 0 Å². The summed E-state index contributed by atoms with van der Waals surface area (Å²) in [7, 11) is 1.49. The molecule has 2 N–H and O–H groups in total. The number of rotatable bonds is 4. The third-order valence-electron chi connectivity index (χ3n) is 3.84. The van der Waals surface area contributed by atoms with Gasteiger partial charge in [-0.15, -0.1) is 0 Å². The molecule has 1 aliphatic rings. The number of nitrogens with zero attached hydrogens (tertiary/aromatic N) is 1. The Hall–Kier alpha value is -2.41. The first-order chi connectivity index (χ1) is 11.6. The van der Waals surface area contributed by atoms with Crippen LogP contribution in [0, 0.1) is 0 Å². The van der Waals surface area contributed by atoms with E-state index >= 15 is 0 Å². The van der Waals surface area contributed by atoms with E-state index < -0.39 is 0 Å². The van der Waals surface area contributed by atoms with Crippen LogP contribution in [0.4, 0.5) is 5.69 Å². The molecular weight excluding hydrogens is 374 g/mol. The monoisotopic (exact) mass is 389 g/mol. The van der Waals surface area contributed by atoms with Crippen molar-refractivity contribution in [1.29, 1.82) is 0 Å². The molecule has 24 heavy (non-hydrogen) atoms. The molecule has 3 rings (SSSR count). The third kappa shape index (κ3) is 3.41. The van der Waals surface area contributed by atoms with Crippen molar-refractivity contribution < 1.29 is 14.3 Å². The smallest absolute Gasteiger partial charge is 0.257 e. The number of methoxy groups -OCH3 is 1. The summed E-state index contributed by atoms with van der Waals surface area (Å²) in [5.74, 6) is 0.141. The Balaban J connectivity index is 1.79. The molecule has 0 spiro atoms. The van der Waals surface area contributed by atoms with Crippen LogP contribution in [0.3, 0.4) is 0 Å². The molecule has 2 heterocycles. The van der Waals surface area contributed by atoms with Gasteiger partial charge >= 0.3 is 0 Å². The van der Waals surface area contributed by atoms with Crippen LogP contribution in [-0.4, -0.2) is 23.9 Å². The van der Waals surface area contributed by atoms with E-state index in [4.69, 9.17) is 4.74 Å². The molecule has 0 saturated carbocycles. The van der Waals surface area contributed by atoms with Crippen LogP contribution in [0.1, 0.15) is 34.8 Å². The molecule has 1 aromatic heterocycles. The number of halogens is 1. The quantitative estimate of drug-likeness (QED) is 0.841. The highest BCUT2D eigenvalue weighted by atomic mass is 79.9. The van der Waals surface area contributed by atoms with Crippen molar-refractivity contribution in [3.63, 3.8) is 0 Å². The number of benzene rings is 1. The summed E-state index contributed by atoms with van der Waals surface area (Å²) in [4.78, 5) is 27.9. The molecule has 1 unspecified atom stereocenters. The van der Waals surface area contributed by atoms with Gasteiger partial charge in [0.05, 0.1) is 23.2 Å². The lowest BCUT2D eigenvalue weighted by molar-refractivity contribution is -0.119. The zero-order valence-electron chi connectivity index (χ0n) is 13.0. The number of nitrogens with one attached hydrogen (secondary N) is 2. The van der Waals surface area contributed by atoms with Crippen molar-refractivity contribution in [2.75, 3.05) is 12.4 Å². The van der Waals surface area contributed by atoms with Gasteiger partial charge in [0.25, 0.3) is 5.91 Å². The number of anilines is 1. The topological polar surface area (TPSA) is 80.3 Å². The SMILES string of the molecule is COc1nccc(C(=O)Nc2cccc(C3CCC(=O)N3)c2)c1Br. The molecule has 0 bridgehead atoms. The van der Waals surface area contributed by atoms with E-state index in [0.717, 1.165) is 12.0 Å². The van der Waals surface area contributed by atoms with Gasteiger partial charge in [0, 0.05) is 18.3 Å². The lowest BCUT2D eigenvalue weighted by atomic mass is 10.0. The van der Waals surface area contributed by atoms with E-state index in [1.54, 1.807) is 6.07 Å². The second-order valence-electron chi connectivity index (χ2n) is 5.42. The van der Waals surface area contributed by atoms with Crippen LogP contribution in [0.25, 0.3) is 0 Å². The average Bonchev–Trinajstić information content (AvgIpc) is 3.02. The van der Waals surface area contributed by atoms with E-state index in [0.29, 0.717) is 28.0 Å². The lowest BCUT2D eigenvalue weighted by Gasteiger charge is -2.13. The second-order valence-corrected chi connectivity index (χ2v) is 6.21. The standard InChI is InChI=1S/C17H16BrN3O3/c1-24-17-15(18)12(7-8-19-17)16(23)20-11-4-2-3-10(9-11)13-5-6-14(22)21-13/h2-4,7-9,13H,5-6H2,1H3,(H,20,23)(H,21,22). The van der Waals surface area contributed by atoms with E-state index in [9.17, 15) is 9.59 Å². The maximum atomic E-state index is 12.5. The van der Waals surface area contributed by atoms with E-state index in [-0.39, 0.29) is 17.9 Å². The Morgan fingerprint density at radius 1 is 1.42 bits per heavy atom. The summed E-state index contributed by atoms with van der Waals surface area (Å²) in [6, 6.07) is 9.10. The van der Waals surface area contributed by atoms with Crippen LogP contribution in [0.5, 0.6) is 5.88 Å². The summed E-state index contributed by atoms with van der Waals surface area (Å²) in [6.07, 6.45) is 2.82. The minimum Gasteiger partial charge on any atom is -0.480 e. The van der Waals surface area contributed by atoms with Crippen LogP contribution < -0.4 is 15.4 Å². The first-order valence-electron chi connectivity index (χ1n) is 7.47. The maximum Gasteiger partial charge on any atom is 0.257 e. The highest BCUT2D eigenvalue weighted by Crippen LogP contribution is 2.28. The maximum absolute atomic E-state index is 12.5. The fraction of sp³-hybridized carbons (Fsp3) is 0.235. The molecular formula is C17H16BrN3O3. The predicted molar refractivity (Wildman–Crippen MR) is 93.0 cm³/mol. The van der Waals surface area contributed by atoms with Crippen molar-refractivity contribution in [1.82, 2.24) is 10.3 Å². The molecule has 0 radical (unpaired) electrons. The molecule has 1 atom stereocenters. The normalized spacial score (nSPS) is 16.6. The van der Waals surface area contributed by atoms with Gasteiger partial charge in [0.1, 0.15) is 0 Å². The van der Waals surface area contributed by atoms with Gasteiger partial charge in [-0.25, -0.2) is 4.98 Å². The number of carbonyl (C=O) groups excluding carboxylic acids is 2. The highest BCUT2D eigenvalue weighted by Gasteiger charge is 2.22. The molecule has 1 saturated heterocycles. The first-order valence-corrected chi connectivity index (χ1v) is 8.27. The molecule has 7 heteroatoms. The van der Waals surface area contributed by atoms with Gasteiger partial charge in [-0.05, 0) is 46.1 Å². The summed E-state index contributed by atoms with van der Waals surface area (Å²) in [5.41, 5.74) is 2.08. The molecule has 2 aromatic rings. The molecule has 0 aliphatic carbocycles. The zero-order valence-corrected chi connectivity index (χ0v) is 14.6. The number of amides is 2. The van der Waals surface area contributed by atoms with E-state index in [1.807, 2.05) is 24.3 Å². The van der Waals surface area contributed by atoms with Gasteiger partial charge in [0.2, 0.25) is 11.8 Å². The number of hydrogen-bond acceptors (Lipinski definition) is 4. The highest BCUT2D eigenvalue weighted by molar-refractivity contribution is 9.10. The fourth-order valence-electron chi connectivity index (χ4n) is 2.64. The third-order valence-corrected chi connectivity index (χ3v) is 4.60. The van der Waals surface area contributed by atoms with Gasteiger partial charge < -0.3 is 15.4 Å². The molecule has 124 valence electrons.